The third-order valence-electron chi connectivity index (χ3n) is 8.89. The van der Waals surface area contributed by atoms with E-state index in [1.807, 2.05) is 19.1 Å². The van der Waals surface area contributed by atoms with E-state index in [0.717, 1.165) is 62.3 Å². The fraction of sp³-hybridized carbons (Fsp3) is 0.613. The second-order valence-electron chi connectivity index (χ2n) is 11.9. The number of hydrogen-bond donors (Lipinski definition) is 2. The summed E-state index contributed by atoms with van der Waals surface area (Å²) in [6.07, 6.45) is 8.12. The first-order chi connectivity index (χ1) is 18.0. The third-order valence-corrected chi connectivity index (χ3v) is 8.89. The molecule has 0 radical (unpaired) electrons. The molecular formula is C31H45F3N4. The summed E-state index contributed by atoms with van der Waals surface area (Å²) in [4.78, 5) is 4.60. The van der Waals surface area contributed by atoms with Crippen molar-refractivity contribution in [3.8, 4) is 0 Å². The molecule has 0 aromatic heterocycles. The second kappa shape index (κ2) is 12.3. The van der Waals surface area contributed by atoms with Crippen LogP contribution in [0.25, 0.3) is 5.70 Å². The first-order valence-electron chi connectivity index (χ1n) is 14.2. The highest BCUT2D eigenvalue weighted by atomic mass is 19.3. The van der Waals surface area contributed by atoms with Crippen LogP contribution >= 0.6 is 0 Å². The largest absolute Gasteiger partial charge is 0.398 e. The molecule has 4 rings (SSSR count). The fourth-order valence-electron chi connectivity index (χ4n) is 6.24. The molecule has 0 bridgehead atoms. The van der Waals surface area contributed by atoms with Crippen LogP contribution in [0.1, 0.15) is 68.6 Å². The van der Waals surface area contributed by atoms with Crippen LogP contribution in [0, 0.1) is 24.6 Å². The lowest BCUT2D eigenvalue weighted by atomic mass is 9.75. The van der Waals surface area contributed by atoms with Crippen molar-refractivity contribution >= 4 is 5.70 Å². The number of halogens is 3. The first-order valence-corrected chi connectivity index (χ1v) is 14.2. The van der Waals surface area contributed by atoms with E-state index in [9.17, 15) is 8.78 Å². The molecule has 7 heteroatoms. The van der Waals surface area contributed by atoms with Gasteiger partial charge in [-0.3, -0.25) is 9.80 Å². The zero-order chi connectivity index (χ0) is 27.4. The van der Waals surface area contributed by atoms with E-state index in [2.05, 4.69) is 35.7 Å². The summed E-state index contributed by atoms with van der Waals surface area (Å²) in [5.74, 6) is -1.73. The summed E-state index contributed by atoms with van der Waals surface area (Å²) in [7, 11) is 2.07. The normalized spacial score (nSPS) is 24.3. The van der Waals surface area contributed by atoms with Crippen molar-refractivity contribution in [2.45, 2.75) is 77.3 Å². The fourth-order valence-corrected chi connectivity index (χ4v) is 6.24. The maximum absolute atomic E-state index is 15.7. The maximum Gasteiger partial charge on any atom is 0.248 e. The van der Waals surface area contributed by atoms with Crippen molar-refractivity contribution in [1.82, 2.24) is 15.1 Å². The number of nitrogens with two attached hydrogens (primary N) is 1. The van der Waals surface area contributed by atoms with Crippen molar-refractivity contribution in [1.29, 1.82) is 0 Å². The zero-order valence-corrected chi connectivity index (χ0v) is 23.3. The lowest BCUT2D eigenvalue weighted by molar-refractivity contribution is -0.0650. The van der Waals surface area contributed by atoms with Crippen LogP contribution < -0.4 is 11.1 Å². The van der Waals surface area contributed by atoms with Gasteiger partial charge < -0.3 is 11.1 Å². The Hall–Kier alpha value is -2.25. The first kappa shape index (κ1) is 28.8. The van der Waals surface area contributed by atoms with Gasteiger partial charge in [0.25, 0.3) is 0 Å². The Balaban J connectivity index is 1.33. The minimum atomic E-state index is -2.46. The SMILES string of the molecule is C=C1CCC(N(C)Cc2c(C)ccc(/C(N)=C/C=C(\C)CN3CC(C4CCC(F)(F)CC4)C3)c2F)CCN1. The van der Waals surface area contributed by atoms with Crippen LogP contribution in [0.3, 0.4) is 0 Å². The molecule has 38 heavy (non-hydrogen) atoms. The van der Waals surface area contributed by atoms with Crippen molar-refractivity contribution in [2.24, 2.45) is 17.6 Å². The molecule has 3 fully saturated rings. The van der Waals surface area contributed by atoms with E-state index in [1.165, 1.54) is 0 Å². The van der Waals surface area contributed by atoms with Crippen LogP contribution in [-0.2, 0) is 6.54 Å². The van der Waals surface area contributed by atoms with Crippen LogP contribution in [0.15, 0.2) is 42.1 Å². The van der Waals surface area contributed by atoms with Gasteiger partial charge >= 0.3 is 0 Å². The van der Waals surface area contributed by atoms with Gasteiger partial charge in [0.1, 0.15) is 5.82 Å². The van der Waals surface area contributed by atoms with Gasteiger partial charge in [-0.2, -0.15) is 0 Å². The minimum Gasteiger partial charge on any atom is -0.398 e. The van der Waals surface area contributed by atoms with Crippen LogP contribution in [0.5, 0.6) is 0 Å². The summed E-state index contributed by atoms with van der Waals surface area (Å²) in [5.41, 5.74) is 11.1. The molecule has 1 aromatic carbocycles. The summed E-state index contributed by atoms with van der Waals surface area (Å²) in [5, 5.41) is 3.35. The number of benzene rings is 1. The molecule has 1 unspecified atom stereocenters. The second-order valence-corrected chi connectivity index (χ2v) is 11.9. The van der Waals surface area contributed by atoms with Crippen molar-refractivity contribution < 1.29 is 13.2 Å². The van der Waals surface area contributed by atoms with Crippen LogP contribution in [0.2, 0.25) is 0 Å². The molecule has 3 aliphatic rings. The molecular weight excluding hydrogens is 485 g/mol. The molecule has 1 aliphatic carbocycles. The average molecular weight is 531 g/mol. The monoisotopic (exact) mass is 530 g/mol. The van der Waals surface area contributed by atoms with Crippen molar-refractivity contribution in [3.63, 3.8) is 0 Å². The molecule has 4 nitrogen and oxygen atoms in total. The summed E-state index contributed by atoms with van der Waals surface area (Å²) >= 11 is 0. The molecule has 0 spiro atoms. The lowest BCUT2D eigenvalue weighted by Crippen LogP contribution is -2.51. The third kappa shape index (κ3) is 7.23. The van der Waals surface area contributed by atoms with Gasteiger partial charge in [0, 0.05) is 74.1 Å². The smallest absolute Gasteiger partial charge is 0.248 e. The molecule has 2 heterocycles. The Bertz CT molecular complexity index is 1050. The summed E-state index contributed by atoms with van der Waals surface area (Å²) < 4.78 is 42.6. The quantitative estimate of drug-likeness (QED) is 0.392. The highest BCUT2D eigenvalue weighted by Gasteiger charge is 2.41. The average Bonchev–Trinajstić information content (AvgIpc) is 3.07. The maximum atomic E-state index is 15.7. The number of nitrogens with one attached hydrogen (secondary N) is 1. The van der Waals surface area contributed by atoms with Gasteiger partial charge in [0.2, 0.25) is 5.92 Å². The van der Waals surface area contributed by atoms with Gasteiger partial charge in [-0.15, -0.1) is 0 Å². The van der Waals surface area contributed by atoms with E-state index < -0.39 is 5.92 Å². The topological polar surface area (TPSA) is 44.5 Å². The van der Waals surface area contributed by atoms with Gasteiger partial charge in [0.05, 0.1) is 0 Å². The molecule has 1 atom stereocenters. The predicted octanol–water partition coefficient (Wildman–Crippen LogP) is 6.22. The molecule has 210 valence electrons. The number of hydrogen-bond acceptors (Lipinski definition) is 4. The van der Waals surface area contributed by atoms with E-state index >= 15 is 4.39 Å². The van der Waals surface area contributed by atoms with Crippen LogP contribution in [0.4, 0.5) is 13.2 Å². The Morgan fingerprint density at radius 3 is 2.58 bits per heavy atom. The van der Waals surface area contributed by atoms with Crippen molar-refractivity contribution in [2.75, 3.05) is 33.2 Å². The Kier molecular flexibility index (Phi) is 9.30. The van der Waals surface area contributed by atoms with Gasteiger partial charge in [0.15, 0.2) is 0 Å². The molecule has 1 aromatic rings. The molecule has 2 saturated heterocycles. The lowest BCUT2D eigenvalue weighted by Gasteiger charge is -2.45. The summed E-state index contributed by atoms with van der Waals surface area (Å²) in [6.45, 7) is 12.3. The highest BCUT2D eigenvalue weighted by molar-refractivity contribution is 5.66. The standard InChI is InChI=1S/C31H45F3N4/c1-21(17-38-18-25(19-38)24-11-14-31(33,34)15-12-24)5-10-29(35)27-9-6-22(2)28(30(27)32)20-37(4)26-8-7-23(3)36-16-13-26/h5-6,9-10,24-26,36H,3,7-8,11-20,35H2,1-2,4H3/b21-5+,29-10-. The Labute approximate surface area is 226 Å². The Morgan fingerprint density at radius 1 is 1.16 bits per heavy atom. The Morgan fingerprint density at radius 2 is 1.87 bits per heavy atom. The number of rotatable bonds is 8. The molecule has 2 aliphatic heterocycles. The van der Waals surface area contributed by atoms with E-state index in [-0.39, 0.29) is 18.7 Å². The number of alkyl halides is 2. The van der Waals surface area contributed by atoms with Crippen LogP contribution in [-0.4, -0.2) is 55.0 Å². The van der Waals surface area contributed by atoms with E-state index in [0.29, 0.717) is 54.1 Å². The number of allylic oxidation sites excluding steroid dienone is 3. The number of nitrogens with zero attached hydrogens (tertiary/aromatic N) is 2. The molecule has 0 amide bonds. The zero-order valence-electron chi connectivity index (χ0n) is 23.3. The summed E-state index contributed by atoms with van der Waals surface area (Å²) in [6, 6.07) is 4.11. The predicted molar refractivity (Wildman–Crippen MR) is 150 cm³/mol. The van der Waals surface area contributed by atoms with Gasteiger partial charge in [-0.1, -0.05) is 24.3 Å². The van der Waals surface area contributed by atoms with E-state index in [4.69, 9.17) is 5.73 Å². The van der Waals surface area contributed by atoms with Crippen molar-refractivity contribution in [3.05, 3.63) is 64.6 Å². The minimum absolute atomic E-state index is 0.0406. The number of aryl methyl sites for hydroxylation is 1. The molecule has 1 saturated carbocycles. The van der Waals surface area contributed by atoms with Gasteiger partial charge in [-0.05, 0) is 82.5 Å². The highest BCUT2D eigenvalue weighted by Crippen LogP contribution is 2.41. The van der Waals surface area contributed by atoms with E-state index in [1.54, 1.807) is 12.1 Å². The molecule has 3 N–H and O–H groups in total. The van der Waals surface area contributed by atoms with Gasteiger partial charge in [-0.25, -0.2) is 13.2 Å². The number of likely N-dealkylation sites (tertiary alicyclic amines) is 1.